The molecular formula is C35H31N5O5S. The van der Waals surface area contributed by atoms with Gasteiger partial charge < -0.3 is 20.4 Å². The number of carboxylic acid groups (broad SMARTS) is 1. The van der Waals surface area contributed by atoms with Crippen LogP contribution in [0.3, 0.4) is 0 Å². The van der Waals surface area contributed by atoms with Gasteiger partial charge in [-0.3, -0.25) is 24.3 Å². The Bertz CT molecular complexity index is 2160. The highest BCUT2D eigenvalue weighted by atomic mass is 32.2. The third-order valence-corrected chi connectivity index (χ3v) is 10.9. The summed E-state index contributed by atoms with van der Waals surface area (Å²) in [6.07, 6.45) is 3.51. The smallest absolute Gasteiger partial charge is 0.412 e. The van der Waals surface area contributed by atoms with E-state index in [1.165, 1.54) is 4.90 Å². The first-order valence-electron chi connectivity index (χ1n) is 15.2. The number of nitrogens with zero attached hydrogens (tertiary/aromatic N) is 2. The number of carbonyl (C=O) groups excluding carboxylic acids is 3. The first-order chi connectivity index (χ1) is 21.9. The maximum Gasteiger partial charge on any atom is 0.412 e. The Morgan fingerprint density at radius 3 is 2.43 bits per heavy atom. The van der Waals surface area contributed by atoms with Crippen LogP contribution in [0.2, 0.25) is 0 Å². The minimum Gasteiger partial charge on any atom is -0.465 e. The summed E-state index contributed by atoms with van der Waals surface area (Å²) < 4.78 is 0. The lowest BCUT2D eigenvalue weighted by molar-refractivity contribution is -0.110. The van der Waals surface area contributed by atoms with Crippen LogP contribution in [-0.4, -0.2) is 60.4 Å². The fourth-order valence-corrected chi connectivity index (χ4v) is 9.02. The number of Topliss-reactive ketones (excluding diaryl/α,β-unsaturated/α-hetero) is 2. The van der Waals surface area contributed by atoms with Gasteiger partial charge in [-0.25, -0.2) is 4.79 Å². The molecule has 2 aromatic carbocycles. The number of aromatic nitrogens is 2. The molecule has 4 aromatic rings. The molecule has 2 amide bonds. The van der Waals surface area contributed by atoms with E-state index in [1.54, 1.807) is 54.4 Å². The summed E-state index contributed by atoms with van der Waals surface area (Å²) in [7, 11) is 0. The van der Waals surface area contributed by atoms with Gasteiger partial charge in [-0.2, -0.15) is 0 Å². The summed E-state index contributed by atoms with van der Waals surface area (Å²) in [5.41, 5.74) is 4.79. The monoisotopic (exact) mass is 633 g/mol. The quantitative estimate of drug-likeness (QED) is 0.142. The van der Waals surface area contributed by atoms with Crippen LogP contribution >= 0.6 is 11.8 Å². The molecule has 10 nitrogen and oxygen atoms in total. The van der Waals surface area contributed by atoms with Gasteiger partial charge >= 0.3 is 6.09 Å². The van der Waals surface area contributed by atoms with E-state index < -0.39 is 22.3 Å². The first-order valence-corrected chi connectivity index (χ1v) is 16.2. The van der Waals surface area contributed by atoms with E-state index in [9.17, 15) is 24.3 Å². The zero-order valence-corrected chi connectivity index (χ0v) is 26.4. The Morgan fingerprint density at radius 2 is 1.72 bits per heavy atom. The lowest BCUT2D eigenvalue weighted by Crippen LogP contribution is -2.45. The molecule has 4 heterocycles. The Labute approximate surface area is 268 Å². The van der Waals surface area contributed by atoms with E-state index in [2.05, 4.69) is 27.2 Å². The van der Waals surface area contributed by atoms with Gasteiger partial charge in [-0.1, -0.05) is 13.0 Å². The summed E-state index contributed by atoms with van der Waals surface area (Å²) in [5, 5.41) is 13.9. The van der Waals surface area contributed by atoms with E-state index >= 15 is 0 Å². The minimum absolute atomic E-state index is 0.0433. The predicted molar refractivity (Wildman–Crippen MR) is 179 cm³/mol. The topological polar surface area (TPSA) is 148 Å². The van der Waals surface area contributed by atoms with Crippen LogP contribution in [0.4, 0.5) is 16.2 Å². The second-order valence-corrected chi connectivity index (χ2v) is 14.8. The maximum absolute atomic E-state index is 13.7. The normalized spacial score (nSPS) is 24.6. The van der Waals surface area contributed by atoms with Crippen molar-refractivity contribution in [3.8, 4) is 0 Å². The number of ketones is 2. The number of H-pyrrole nitrogens is 2. The van der Waals surface area contributed by atoms with Crippen LogP contribution in [0, 0.1) is 11.3 Å². The van der Waals surface area contributed by atoms with Crippen molar-refractivity contribution in [2.45, 2.75) is 50.2 Å². The van der Waals surface area contributed by atoms with E-state index in [-0.39, 0.29) is 28.6 Å². The van der Waals surface area contributed by atoms with Crippen molar-refractivity contribution in [3.05, 3.63) is 83.3 Å². The van der Waals surface area contributed by atoms with Gasteiger partial charge in [0.05, 0.1) is 10.9 Å². The van der Waals surface area contributed by atoms with Crippen molar-refractivity contribution in [1.82, 2.24) is 9.97 Å². The van der Waals surface area contributed by atoms with Crippen LogP contribution in [0.5, 0.6) is 0 Å². The van der Waals surface area contributed by atoms with Crippen LogP contribution in [0.1, 0.15) is 55.1 Å². The van der Waals surface area contributed by atoms with Crippen molar-refractivity contribution >= 4 is 74.2 Å². The van der Waals surface area contributed by atoms with E-state index in [0.717, 1.165) is 34.2 Å². The summed E-state index contributed by atoms with van der Waals surface area (Å²) in [4.78, 5) is 63.8. The molecule has 2 saturated carbocycles. The van der Waals surface area contributed by atoms with E-state index in [0.29, 0.717) is 33.7 Å². The van der Waals surface area contributed by atoms with Gasteiger partial charge in [0.2, 0.25) is 0 Å². The van der Waals surface area contributed by atoms with Crippen molar-refractivity contribution in [2.24, 2.45) is 16.3 Å². The van der Waals surface area contributed by atoms with Crippen molar-refractivity contribution in [1.29, 1.82) is 0 Å². The second-order valence-electron chi connectivity index (χ2n) is 13.5. The fraction of sp³-hybridized carbons (Fsp3) is 0.286. The molecule has 4 N–H and O–H groups in total. The third-order valence-electron chi connectivity index (χ3n) is 9.47. The van der Waals surface area contributed by atoms with Gasteiger partial charge in [-0.05, 0) is 87.2 Å². The van der Waals surface area contributed by atoms with Gasteiger partial charge in [0, 0.05) is 61.5 Å². The Kier molecular flexibility index (Phi) is 5.93. The molecule has 1 spiro atoms. The SMILES string of the molecule is C[C@H]1C[C@H]2SC(C(=O)c3cc4cc(NC(=O)c5cc6cc(N(C(=O)O)C(C)(C)C)ccc6[nH]5)ccc4[nH]3)C=C2C23C(=O)C2=CN=C13. The van der Waals surface area contributed by atoms with Crippen LogP contribution < -0.4 is 10.2 Å². The third kappa shape index (κ3) is 4.07. The highest BCUT2D eigenvalue weighted by molar-refractivity contribution is 8.01. The molecule has 2 aromatic heterocycles. The largest absolute Gasteiger partial charge is 0.465 e. The molecule has 0 saturated heterocycles. The number of thioether (sulfide) groups is 1. The molecule has 2 fully saturated rings. The standard InChI is InChI=1S/C35H31N5O5S/c1-16-9-27-21(35-22(31(35)42)15-36-30(16)35)14-28(46-27)29(41)25-12-17-10-19(5-7-23(17)38-25)37-32(43)26-13-18-11-20(6-8-24(18)39-26)40(33(44)45)34(2,3)4/h5-8,10-16,27-28,38-39H,9H2,1-4H3,(H,37,43)(H,44,45)/t16-,27+,28?,35?/m0/s1. The predicted octanol–water partition coefficient (Wildman–Crippen LogP) is 6.72. The molecule has 2 aliphatic carbocycles. The zero-order valence-electron chi connectivity index (χ0n) is 25.6. The van der Waals surface area contributed by atoms with Crippen molar-refractivity contribution in [2.75, 3.05) is 10.2 Å². The molecule has 2 unspecified atom stereocenters. The van der Waals surface area contributed by atoms with Crippen LogP contribution in [-0.2, 0) is 4.79 Å². The molecule has 0 radical (unpaired) electrons. The minimum atomic E-state index is -1.06. The number of anilines is 2. The highest BCUT2D eigenvalue weighted by Gasteiger charge is 2.72. The number of aliphatic imine (C=N–C) groups is 1. The lowest BCUT2D eigenvalue weighted by atomic mass is 9.73. The molecule has 46 heavy (non-hydrogen) atoms. The van der Waals surface area contributed by atoms with Gasteiger partial charge in [0.1, 0.15) is 11.1 Å². The molecule has 8 rings (SSSR count). The van der Waals surface area contributed by atoms with Gasteiger partial charge in [0.25, 0.3) is 5.91 Å². The van der Waals surface area contributed by atoms with Crippen LogP contribution in [0.25, 0.3) is 21.8 Å². The molecule has 0 bridgehead atoms. The molecule has 11 heteroatoms. The van der Waals surface area contributed by atoms with E-state index in [4.69, 9.17) is 0 Å². The lowest BCUT2D eigenvalue weighted by Gasteiger charge is -2.33. The summed E-state index contributed by atoms with van der Waals surface area (Å²) >= 11 is 1.61. The van der Waals surface area contributed by atoms with Gasteiger partial charge in [-0.15, -0.1) is 11.8 Å². The average molecular weight is 634 g/mol. The number of carbonyl (C=O) groups is 4. The number of benzene rings is 2. The summed E-state index contributed by atoms with van der Waals surface area (Å²) in [6.45, 7) is 7.58. The molecule has 4 atom stereocenters. The average Bonchev–Trinajstić information content (AvgIpc) is 3.60. The Morgan fingerprint density at radius 1 is 1.02 bits per heavy atom. The zero-order chi connectivity index (χ0) is 32.3. The molecule has 232 valence electrons. The number of nitrogens with one attached hydrogen (secondary N) is 3. The molecular weight excluding hydrogens is 602 g/mol. The van der Waals surface area contributed by atoms with Crippen LogP contribution in [0.15, 0.2) is 76.9 Å². The maximum atomic E-state index is 13.7. The fourth-order valence-electron chi connectivity index (χ4n) is 7.39. The van der Waals surface area contributed by atoms with Crippen molar-refractivity contribution < 1.29 is 24.3 Å². The van der Waals surface area contributed by atoms with E-state index in [1.807, 2.05) is 39.0 Å². The number of allylic oxidation sites excluding steroid dienone is 1. The Balaban J connectivity index is 1.01. The molecule has 4 aliphatic rings. The number of amides is 2. The Hall–Kier alpha value is -4.90. The van der Waals surface area contributed by atoms with Crippen molar-refractivity contribution in [3.63, 3.8) is 0 Å². The highest BCUT2D eigenvalue weighted by Crippen LogP contribution is 2.66. The number of aromatic amines is 2. The second kappa shape index (κ2) is 9.56. The van der Waals surface area contributed by atoms with Gasteiger partial charge in [0.15, 0.2) is 11.6 Å². The summed E-state index contributed by atoms with van der Waals surface area (Å²) in [6, 6.07) is 14.1. The number of hydrogen-bond acceptors (Lipinski definition) is 6. The summed E-state index contributed by atoms with van der Waals surface area (Å²) in [5.74, 6) is -0.0594. The first kappa shape index (κ1) is 28.6. The number of hydrogen-bond donors (Lipinski definition) is 4. The number of rotatable bonds is 5. The molecule has 2 aliphatic heterocycles. The number of fused-ring (bicyclic) bond motifs is 3.